The molecule has 26 heavy (non-hydrogen) atoms. The standard InChI is InChI=1S/C17H18N4O4S/c1-24-15-8-13(14(21(22)23)9-16(15)25-2)10-19-20-17(18)26-11-12-6-4-3-5-7-12/h3-10H,11H2,1-2H3,(H2,18,20). The molecule has 0 atom stereocenters. The Hall–Kier alpha value is -3.07. The van der Waals surface area contributed by atoms with Crippen LogP contribution in [-0.4, -0.2) is 30.5 Å². The number of nitro benzene ring substituents is 1. The van der Waals surface area contributed by atoms with E-state index in [9.17, 15) is 10.1 Å². The second kappa shape index (κ2) is 9.42. The van der Waals surface area contributed by atoms with Crippen molar-refractivity contribution in [2.24, 2.45) is 15.9 Å². The molecule has 0 aromatic heterocycles. The minimum Gasteiger partial charge on any atom is -0.493 e. The topological polar surface area (TPSA) is 112 Å². The van der Waals surface area contributed by atoms with Crippen molar-refractivity contribution in [3.05, 3.63) is 63.7 Å². The first-order chi connectivity index (χ1) is 12.5. The van der Waals surface area contributed by atoms with Gasteiger partial charge in [0.15, 0.2) is 16.7 Å². The van der Waals surface area contributed by atoms with Crippen molar-refractivity contribution in [2.75, 3.05) is 14.2 Å². The summed E-state index contributed by atoms with van der Waals surface area (Å²) in [7, 11) is 2.85. The first-order valence-corrected chi connectivity index (χ1v) is 8.47. The SMILES string of the molecule is COc1cc(C=NN=C(N)SCc2ccccc2)c([N+](=O)[O-])cc1OC. The summed E-state index contributed by atoms with van der Waals surface area (Å²) in [6.07, 6.45) is 1.26. The van der Waals surface area contributed by atoms with Gasteiger partial charge in [0.1, 0.15) is 0 Å². The fourth-order valence-corrected chi connectivity index (χ4v) is 2.67. The van der Waals surface area contributed by atoms with E-state index in [0.29, 0.717) is 11.5 Å². The van der Waals surface area contributed by atoms with Gasteiger partial charge in [-0.2, -0.15) is 5.10 Å². The molecule has 0 fully saturated rings. The molecule has 2 N–H and O–H groups in total. The minimum absolute atomic E-state index is 0.169. The van der Waals surface area contributed by atoms with Crippen LogP contribution in [0.3, 0.4) is 0 Å². The van der Waals surface area contributed by atoms with Gasteiger partial charge in [-0.1, -0.05) is 42.1 Å². The number of rotatable bonds is 7. The van der Waals surface area contributed by atoms with E-state index in [-0.39, 0.29) is 22.2 Å². The number of amidine groups is 1. The van der Waals surface area contributed by atoms with Gasteiger partial charge < -0.3 is 15.2 Å². The van der Waals surface area contributed by atoms with Crippen molar-refractivity contribution in [1.82, 2.24) is 0 Å². The number of hydrogen-bond donors (Lipinski definition) is 1. The largest absolute Gasteiger partial charge is 0.493 e. The minimum atomic E-state index is -0.527. The molecule has 136 valence electrons. The number of benzene rings is 2. The molecular formula is C17H18N4O4S. The van der Waals surface area contributed by atoms with Gasteiger partial charge in [-0.05, 0) is 11.6 Å². The lowest BCUT2D eigenvalue weighted by Gasteiger charge is -2.08. The predicted octanol–water partition coefficient (Wildman–Crippen LogP) is 3.19. The normalized spacial score (nSPS) is 11.5. The molecule has 0 heterocycles. The van der Waals surface area contributed by atoms with Crippen LogP contribution in [0.25, 0.3) is 0 Å². The number of methoxy groups -OCH3 is 2. The summed E-state index contributed by atoms with van der Waals surface area (Å²) in [6.45, 7) is 0. The molecule has 0 bridgehead atoms. The molecule has 0 radical (unpaired) electrons. The van der Waals surface area contributed by atoms with Crippen molar-refractivity contribution in [2.45, 2.75) is 5.75 Å². The van der Waals surface area contributed by atoms with Gasteiger partial charge in [0.25, 0.3) is 5.69 Å². The van der Waals surface area contributed by atoms with Crippen molar-refractivity contribution in [3.8, 4) is 11.5 Å². The molecule has 0 aliphatic rings. The third kappa shape index (κ3) is 5.21. The van der Waals surface area contributed by atoms with Crippen LogP contribution in [0.1, 0.15) is 11.1 Å². The fraction of sp³-hybridized carbons (Fsp3) is 0.176. The van der Waals surface area contributed by atoms with E-state index in [1.54, 1.807) is 0 Å². The summed E-state index contributed by atoms with van der Waals surface area (Å²) in [5, 5.41) is 19.2. The Balaban J connectivity index is 2.14. The van der Waals surface area contributed by atoms with E-state index in [1.807, 2.05) is 30.3 Å². The highest BCUT2D eigenvalue weighted by Gasteiger charge is 2.18. The van der Waals surface area contributed by atoms with Crippen molar-refractivity contribution >= 4 is 28.8 Å². The molecular weight excluding hydrogens is 356 g/mol. The molecule has 0 saturated heterocycles. The van der Waals surface area contributed by atoms with Crippen LogP contribution in [0.5, 0.6) is 11.5 Å². The average Bonchev–Trinajstić information content (AvgIpc) is 2.66. The second-order valence-corrected chi connectivity index (χ2v) is 5.98. The Labute approximate surface area is 154 Å². The van der Waals surface area contributed by atoms with E-state index in [2.05, 4.69) is 10.2 Å². The molecule has 0 saturated carbocycles. The van der Waals surface area contributed by atoms with Gasteiger partial charge in [-0.15, -0.1) is 5.10 Å². The highest BCUT2D eigenvalue weighted by Crippen LogP contribution is 2.33. The van der Waals surface area contributed by atoms with Crippen LogP contribution >= 0.6 is 11.8 Å². The summed E-state index contributed by atoms with van der Waals surface area (Å²) in [5.74, 6) is 1.27. The summed E-state index contributed by atoms with van der Waals surface area (Å²) >= 11 is 1.32. The highest BCUT2D eigenvalue weighted by molar-refractivity contribution is 8.13. The van der Waals surface area contributed by atoms with Gasteiger partial charge >= 0.3 is 0 Å². The van der Waals surface area contributed by atoms with E-state index >= 15 is 0 Å². The van der Waals surface area contributed by atoms with Crippen LogP contribution in [0.15, 0.2) is 52.7 Å². The lowest BCUT2D eigenvalue weighted by atomic mass is 10.1. The molecule has 0 spiro atoms. The van der Waals surface area contributed by atoms with E-state index in [0.717, 1.165) is 5.56 Å². The number of thioether (sulfide) groups is 1. The summed E-state index contributed by atoms with van der Waals surface area (Å²) in [4.78, 5) is 10.7. The van der Waals surface area contributed by atoms with Crippen LogP contribution < -0.4 is 15.2 Å². The first-order valence-electron chi connectivity index (χ1n) is 7.48. The summed E-state index contributed by atoms with van der Waals surface area (Å²) < 4.78 is 10.2. The maximum atomic E-state index is 11.2. The molecule has 0 aliphatic carbocycles. The van der Waals surface area contributed by atoms with Crippen LogP contribution in [0.4, 0.5) is 5.69 Å². The number of hydrogen-bond acceptors (Lipinski definition) is 7. The Morgan fingerprint density at radius 1 is 1.23 bits per heavy atom. The third-order valence-electron chi connectivity index (χ3n) is 3.31. The number of nitrogens with two attached hydrogens (primary N) is 1. The molecule has 0 unspecified atom stereocenters. The van der Waals surface area contributed by atoms with Gasteiger partial charge in [-0.3, -0.25) is 10.1 Å². The van der Waals surface area contributed by atoms with Gasteiger partial charge in [0.2, 0.25) is 0 Å². The number of nitrogens with zero attached hydrogens (tertiary/aromatic N) is 3. The van der Waals surface area contributed by atoms with Gasteiger partial charge in [0.05, 0.1) is 37.0 Å². The van der Waals surface area contributed by atoms with E-state index in [1.165, 1.54) is 44.3 Å². The quantitative estimate of drug-likeness (QED) is 0.345. The fourth-order valence-electron chi connectivity index (χ4n) is 2.05. The number of nitro groups is 1. The Kier molecular flexibility index (Phi) is 6.98. The zero-order chi connectivity index (χ0) is 18.9. The molecule has 8 nitrogen and oxygen atoms in total. The molecule has 9 heteroatoms. The van der Waals surface area contributed by atoms with Gasteiger partial charge in [-0.25, -0.2) is 0 Å². The lowest BCUT2D eigenvalue weighted by molar-refractivity contribution is -0.385. The Morgan fingerprint density at radius 2 is 1.88 bits per heavy atom. The van der Waals surface area contributed by atoms with E-state index in [4.69, 9.17) is 15.2 Å². The zero-order valence-corrected chi connectivity index (χ0v) is 15.1. The number of ether oxygens (including phenoxy) is 2. The Morgan fingerprint density at radius 3 is 2.50 bits per heavy atom. The summed E-state index contributed by atoms with van der Waals surface area (Å²) in [6, 6.07) is 12.5. The predicted molar refractivity (Wildman–Crippen MR) is 103 cm³/mol. The summed E-state index contributed by atoms with van der Waals surface area (Å²) in [5.41, 5.74) is 6.98. The monoisotopic (exact) mass is 374 g/mol. The van der Waals surface area contributed by atoms with Crippen molar-refractivity contribution < 1.29 is 14.4 Å². The van der Waals surface area contributed by atoms with Crippen LogP contribution in [0.2, 0.25) is 0 Å². The zero-order valence-electron chi connectivity index (χ0n) is 14.3. The smallest absolute Gasteiger partial charge is 0.282 e. The highest BCUT2D eigenvalue weighted by atomic mass is 32.2. The van der Waals surface area contributed by atoms with Crippen molar-refractivity contribution in [3.63, 3.8) is 0 Å². The molecule has 2 aromatic rings. The van der Waals surface area contributed by atoms with Crippen LogP contribution in [0, 0.1) is 10.1 Å². The van der Waals surface area contributed by atoms with E-state index < -0.39 is 4.92 Å². The molecule has 2 rings (SSSR count). The average molecular weight is 374 g/mol. The maximum absolute atomic E-state index is 11.2. The first kappa shape index (κ1) is 19.3. The Bertz CT molecular complexity index is 825. The molecule has 2 aromatic carbocycles. The third-order valence-corrected chi connectivity index (χ3v) is 4.17. The molecule has 0 aliphatic heterocycles. The second-order valence-electron chi connectivity index (χ2n) is 4.98. The molecule has 0 amide bonds. The van der Waals surface area contributed by atoms with Crippen molar-refractivity contribution in [1.29, 1.82) is 0 Å². The van der Waals surface area contributed by atoms with Gasteiger partial charge in [0, 0.05) is 5.75 Å². The maximum Gasteiger partial charge on any atom is 0.282 e. The lowest BCUT2D eigenvalue weighted by Crippen LogP contribution is -2.06. The van der Waals surface area contributed by atoms with Crippen LogP contribution in [-0.2, 0) is 5.75 Å².